The van der Waals surface area contributed by atoms with Crippen molar-refractivity contribution in [3.05, 3.63) is 34.9 Å². The Labute approximate surface area is 70.2 Å². The maximum Gasteiger partial charge on any atom is 0.263 e. The molecule has 66 valence electrons. The molecule has 1 nitrogen and oxygen atoms in total. The van der Waals surface area contributed by atoms with Gasteiger partial charge < -0.3 is 5.73 Å². The zero-order valence-electron chi connectivity index (χ0n) is 6.85. The smallest absolute Gasteiger partial charge is 0.263 e. The SMILES string of the molecule is Cc1cc(CN)cc(C(F)F)c1. The first-order valence-corrected chi connectivity index (χ1v) is 3.72. The first-order chi connectivity index (χ1) is 5.63. The third kappa shape index (κ3) is 2.01. The number of halogens is 2. The van der Waals surface area contributed by atoms with Crippen LogP contribution in [0.25, 0.3) is 0 Å². The summed E-state index contributed by atoms with van der Waals surface area (Å²) >= 11 is 0. The minimum Gasteiger partial charge on any atom is -0.326 e. The van der Waals surface area contributed by atoms with E-state index >= 15 is 0 Å². The van der Waals surface area contributed by atoms with Crippen LogP contribution in [0.3, 0.4) is 0 Å². The highest BCUT2D eigenvalue weighted by Gasteiger charge is 2.07. The molecule has 0 bridgehead atoms. The number of alkyl halides is 2. The molecule has 0 amide bonds. The third-order valence-corrected chi connectivity index (χ3v) is 1.65. The molecule has 0 heterocycles. The van der Waals surface area contributed by atoms with Gasteiger partial charge in [-0.05, 0) is 18.6 Å². The molecular weight excluding hydrogens is 160 g/mol. The Bertz CT molecular complexity index is 271. The predicted octanol–water partition coefficient (Wildman–Crippen LogP) is 2.39. The van der Waals surface area contributed by atoms with Gasteiger partial charge in [0.05, 0.1) is 0 Å². The van der Waals surface area contributed by atoms with Crippen molar-refractivity contribution in [3.63, 3.8) is 0 Å². The van der Waals surface area contributed by atoms with Gasteiger partial charge in [-0.25, -0.2) is 8.78 Å². The molecule has 0 aromatic heterocycles. The molecule has 2 N–H and O–H groups in total. The van der Waals surface area contributed by atoms with Crippen LogP contribution >= 0.6 is 0 Å². The second kappa shape index (κ2) is 3.63. The van der Waals surface area contributed by atoms with Gasteiger partial charge in [-0.2, -0.15) is 0 Å². The first-order valence-electron chi connectivity index (χ1n) is 3.72. The van der Waals surface area contributed by atoms with Crippen molar-refractivity contribution < 1.29 is 8.78 Å². The van der Waals surface area contributed by atoms with E-state index in [0.717, 1.165) is 11.1 Å². The molecule has 0 aliphatic carbocycles. The highest BCUT2D eigenvalue weighted by Crippen LogP contribution is 2.21. The van der Waals surface area contributed by atoms with E-state index in [1.54, 1.807) is 6.92 Å². The van der Waals surface area contributed by atoms with E-state index in [-0.39, 0.29) is 5.56 Å². The summed E-state index contributed by atoms with van der Waals surface area (Å²) in [5, 5.41) is 0. The quantitative estimate of drug-likeness (QED) is 0.726. The monoisotopic (exact) mass is 171 g/mol. The van der Waals surface area contributed by atoms with E-state index in [2.05, 4.69) is 0 Å². The van der Waals surface area contributed by atoms with Crippen molar-refractivity contribution >= 4 is 0 Å². The lowest BCUT2D eigenvalue weighted by Crippen LogP contribution is -1.98. The number of hydrogen-bond donors (Lipinski definition) is 1. The number of aryl methyl sites for hydroxylation is 1. The molecule has 1 rings (SSSR count). The number of nitrogens with two attached hydrogens (primary N) is 1. The minimum absolute atomic E-state index is 0.0513. The highest BCUT2D eigenvalue weighted by atomic mass is 19.3. The zero-order valence-corrected chi connectivity index (χ0v) is 6.85. The minimum atomic E-state index is -2.41. The average Bonchev–Trinajstić information content (AvgIpc) is 2.03. The lowest BCUT2D eigenvalue weighted by Gasteiger charge is -2.04. The Balaban J connectivity index is 3.06. The standard InChI is InChI=1S/C9H11F2N/c1-6-2-7(5-12)4-8(3-6)9(10)11/h2-4,9H,5,12H2,1H3. The van der Waals surface area contributed by atoms with Crippen molar-refractivity contribution in [3.8, 4) is 0 Å². The summed E-state index contributed by atoms with van der Waals surface area (Å²) in [4.78, 5) is 0. The molecule has 0 radical (unpaired) electrons. The number of benzene rings is 1. The third-order valence-electron chi connectivity index (χ3n) is 1.65. The maximum atomic E-state index is 12.2. The zero-order chi connectivity index (χ0) is 9.14. The van der Waals surface area contributed by atoms with Crippen molar-refractivity contribution in [1.29, 1.82) is 0 Å². The maximum absolute atomic E-state index is 12.2. The van der Waals surface area contributed by atoms with Crippen molar-refractivity contribution in [1.82, 2.24) is 0 Å². The molecule has 12 heavy (non-hydrogen) atoms. The van der Waals surface area contributed by atoms with Gasteiger partial charge in [0.15, 0.2) is 0 Å². The van der Waals surface area contributed by atoms with Crippen molar-refractivity contribution in [2.45, 2.75) is 19.9 Å². The molecule has 1 aromatic rings. The number of hydrogen-bond acceptors (Lipinski definition) is 1. The summed E-state index contributed by atoms with van der Waals surface area (Å²) in [6.07, 6.45) is -2.41. The van der Waals surface area contributed by atoms with E-state index in [4.69, 9.17) is 5.73 Å². The van der Waals surface area contributed by atoms with Crippen LogP contribution in [0.15, 0.2) is 18.2 Å². The Morgan fingerprint density at radius 2 is 2.00 bits per heavy atom. The van der Waals surface area contributed by atoms with Crippen LogP contribution in [0.2, 0.25) is 0 Å². The van der Waals surface area contributed by atoms with Crippen LogP contribution in [-0.4, -0.2) is 0 Å². The van der Waals surface area contributed by atoms with Gasteiger partial charge >= 0.3 is 0 Å². The Morgan fingerprint density at radius 3 is 2.50 bits per heavy atom. The normalized spacial score (nSPS) is 10.8. The fourth-order valence-corrected chi connectivity index (χ4v) is 1.14. The summed E-state index contributed by atoms with van der Waals surface area (Å²) in [5.74, 6) is 0. The van der Waals surface area contributed by atoms with Gasteiger partial charge in [0.25, 0.3) is 6.43 Å². The Morgan fingerprint density at radius 1 is 1.33 bits per heavy atom. The van der Waals surface area contributed by atoms with E-state index in [9.17, 15) is 8.78 Å². The summed E-state index contributed by atoms with van der Waals surface area (Å²) in [5.41, 5.74) is 6.98. The van der Waals surface area contributed by atoms with Gasteiger partial charge in [-0.1, -0.05) is 17.7 Å². The predicted molar refractivity (Wildman–Crippen MR) is 44.0 cm³/mol. The van der Waals surface area contributed by atoms with Gasteiger partial charge in [-0.3, -0.25) is 0 Å². The van der Waals surface area contributed by atoms with Crippen LogP contribution in [0.1, 0.15) is 23.1 Å². The summed E-state index contributed by atoms with van der Waals surface area (Å²) in [6.45, 7) is 2.09. The second-order valence-corrected chi connectivity index (χ2v) is 2.76. The first kappa shape index (κ1) is 9.13. The van der Waals surface area contributed by atoms with Gasteiger partial charge in [0.2, 0.25) is 0 Å². The largest absolute Gasteiger partial charge is 0.326 e. The highest BCUT2D eigenvalue weighted by molar-refractivity contribution is 5.29. The average molecular weight is 171 g/mol. The van der Waals surface area contributed by atoms with E-state index < -0.39 is 6.43 Å². The second-order valence-electron chi connectivity index (χ2n) is 2.76. The Hall–Kier alpha value is -0.960. The van der Waals surface area contributed by atoms with Crippen LogP contribution in [0.4, 0.5) is 8.78 Å². The molecule has 0 unspecified atom stereocenters. The fraction of sp³-hybridized carbons (Fsp3) is 0.333. The van der Waals surface area contributed by atoms with Crippen LogP contribution < -0.4 is 5.73 Å². The van der Waals surface area contributed by atoms with E-state index in [1.165, 1.54) is 12.1 Å². The van der Waals surface area contributed by atoms with E-state index in [1.807, 2.05) is 6.07 Å². The lowest BCUT2D eigenvalue weighted by molar-refractivity contribution is 0.151. The molecule has 1 aromatic carbocycles. The summed E-state index contributed by atoms with van der Waals surface area (Å²) < 4.78 is 24.4. The van der Waals surface area contributed by atoms with Gasteiger partial charge in [-0.15, -0.1) is 0 Å². The van der Waals surface area contributed by atoms with Crippen molar-refractivity contribution in [2.24, 2.45) is 5.73 Å². The summed E-state index contributed by atoms with van der Waals surface area (Å²) in [6, 6.07) is 4.73. The molecule has 0 saturated heterocycles. The topological polar surface area (TPSA) is 26.0 Å². The van der Waals surface area contributed by atoms with E-state index in [0.29, 0.717) is 6.54 Å². The molecule has 0 aliphatic heterocycles. The molecule has 0 fully saturated rings. The molecule has 0 atom stereocenters. The van der Waals surface area contributed by atoms with Crippen LogP contribution in [0, 0.1) is 6.92 Å². The Kier molecular flexibility index (Phi) is 2.76. The lowest BCUT2D eigenvalue weighted by atomic mass is 10.1. The summed E-state index contributed by atoms with van der Waals surface area (Å²) in [7, 11) is 0. The molecule has 0 aliphatic rings. The molecule has 0 saturated carbocycles. The van der Waals surface area contributed by atoms with Crippen LogP contribution in [0.5, 0.6) is 0 Å². The van der Waals surface area contributed by atoms with Crippen LogP contribution in [-0.2, 0) is 6.54 Å². The molecular formula is C9H11F2N. The fourth-order valence-electron chi connectivity index (χ4n) is 1.14. The van der Waals surface area contributed by atoms with Gasteiger partial charge in [0.1, 0.15) is 0 Å². The van der Waals surface area contributed by atoms with Gasteiger partial charge in [0, 0.05) is 12.1 Å². The number of rotatable bonds is 2. The molecule has 3 heteroatoms. The van der Waals surface area contributed by atoms with Crippen molar-refractivity contribution in [2.75, 3.05) is 0 Å². The molecule has 0 spiro atoms.